The maximum Gasteiger partial charge on any atom is 0.238 e. The first-order valence-corrected chi connectivity index (χ1v) is 12.4. The van der Waals surface area contributed by atoms with E-state index in [1.54, 1.807) is 28.9 Å². The van der Waals surface area contributed by atoms with Gasteiger partial charge in [-0.3, -0.25) is 19.2 Å². The summed E-state index contributed by atoms with van der Waals surface area (Å²) in [6.45, 7) is 1.85. The second-order valence-electron chi connectivity index (χ2n) is 8.21. The van der Waals surface area contributed by atoms with Crippen LogP contribution in [-0.2, 0) is 26.3 Å². The predicted octanol–water partition coefficient (Wildman–Crippen LogP) is 1.59. The van der Waals surface area contributed by atoms with Gasteiger partial charge in [0.05, 0.1) is 30.0 Å². The number of carbonyl (C=O) groups is 2. The Morgan fingerprint density at radius 2 is 2.00 bits per heavy atom. The highest BCUT2D eigenvalue weighted by atomic mass is 35.5. The number of nitrogens with one attached hydrogen (secondary N) is 1. The smallest absolute Gasteiger partial charge is 0.238 e. The summed E-state index contributed by atoms with van der Waals surface area (Å²) >= 11 is 6.17. The molecule has 0 saturated carbocycles. The zero-order valence-electron chi connectivity index (χ0n) is 18.1. The van der Waals surface area contributed by atoms with E-state index < -0.39 is 10.0 Å². The van der Waals surface area contributed by atoms with E-state index in [4.69, 9.17) is 16.7 Å². The van der Waals surface area contributed by atoms with Crippen LogP contribution in [0.15, 0.2) is 46.0 Å². The number of fused-ring (bicyclic) bond motifs is 1. The summed E-state index contributed by atoms with van der Waals surface area (Å²) in [6.07, 6.45) is 7.10. The molecule has 0 atom stereocenters. The van der Waals surface area contributed by atoms with Gasteiger partial charge in [0.1, 0.15) is 0 Å². The van der Waals surface area contributed by atoms with Gasteiger partial charge < -0.3 is 10.2 Å². The third kappa shape index (κ3) is 5.44. The van der Waals surface area contributed by atoms with Crippen LogP contribution in [0.3, 0.4) is 0 Å². The van der Waals surface area contributed by atoms with Crippen LogP contribution >= 0.6 is 11.6 Å². The molecule has 12 heteroatoms. The number of sulfonamides is 1. The summed E-state index contributed by atoms with van der Waals surface area (Å²) in [5.41, 5.74) is 1.37. The lowest BCUT2D eigenvalue weighted by atomic mass is 10.0. The van der Waals surface area contributed by atoms with Gasteiger partial charge in [-0.15, -0.1) is 0 Å². The number of benzene rings is 1. The number of carbonyl (C=O) groups excluding carboxylic acids is 2. The van der Waals surface area contributed by atoms with Crippen molar-refractivity contribution < 1.29 is 18.0 Å². The molecule has 3 N–H and O–H groups in total. The second-order valence-corrected chi connectivity index (χ2v) is 10.2. The Bertz CT molecular complexity index is 1280. The number of nitrogens with zero attached hydrogens (tertiary/aromatic N) is 4. The maximum atomic E-state index is 12.6. The number of allylic oxidation sites excluding steroid dienone is 3. The highest BCUT2D eigenvalue weighted by molar-refractivity contribution is 7.89. The minimum atomic E-state index is -4.08. The molecule has 0 bridgehead atoms. The van der Waals surface area contributed by atoms with Crippen LogP contribution in [0, 0.1) is 0 Å². The van der Waals surface area contributed by atoms with E-state index in [1.807, 2.05) is 17.1 Å². The number of piperazine rings is 1. The highest BCUT2D eigenvalue weighted by Crippen LogP contribution is 2.28. The molecule has 0 unspecified atom stereocenters. The van der Waals surface area contributed by atoms with Gasteiger partial charge in [-0.25, -0.2) is 13.6 Å². The third-order valence-corrected chi connectivity index (χ3v) is 6.99. The molecular weight excluding hydrogens is 468 g/mol. The number of primary sulfonamides is 1. The molecule has 1 aliphatic heterocycles. The number of halogens is 1. The summed E-state index contributed by atoms with van der Waals surface area (Å²) < 4.78 is 26.1. The number of hydrogen-bond acceptors (Lipinski definition) is 6. The van der Waals surface area contributed by atoms with E-state index in [0.29, 0.717) is 35.7 Å². The Morgan fingerprint density at radius 1 is 1.24 bits per heavy atom. The summed E-state index contributed by atoms with van der Waals surface area (Å²) in [4.78, 5) is 28.0. The molecule has 0 radical (unpaired) electrons. The lowest BCUT2D eigenvalue weighted by Gasteiger charge is -2.31. The molecule has 176 valence electrons. The Labute approximate surface area is 196 Å². The van der Waals surface area contributed by atoms with Gasteiger partial charge in [-0.1, -0.05) is 23.8 Å². The average molecular weight is 493 g/mol. The van der Waals surface area contributed by atoms with Crippen LogP contribution in [-0.4, -0.2) is 66.5 Å². The minimum absolute atomic E-state index is 0.0104. The highest BCUT2D eigenvalue weighted by Gasteiger charge is 2.23. The molecule has 1 saturated heterocycles. The predicted molar refractivity (Wildman–Crippen MR) is 125 cm³/mol. The van der Waals surface area contributed by atoms with Crippen LogP contribution in [0.1, 0.15) is 19.3 Å². The molecule has 1 fully saturated rings. The van der Waals surface area contributed by atoms with E-state index in [2.05, 4.69) is 10.4 Å². The van der Waals surface area contributed by atoms with Crippen molar-refractivity contribution in [2.45, 2.75) is 30.8 Å². The number of nitrogens with two attached hydrogens (primary N) is 1. The number of likely N-dealkylation sites (N-methyl/N-ethyl adjacent to an activating group) is 1. The molecule has 10 nitrogen and oxygen atoms in total. The topological polar surface area (TPSA) is 131 Å². The maximum absolute atomic E-state index is 12.6. The van der Waals surface area contributed by atoms with E-state index in [-0.39, 0.29) is 35.4 Å². The van der Waals surface area contributed by atoms with Gasteiger partial charge in [0.2, 0.25) is 21.8 Å². The van der Waals surface area contributed by atoms with Crippen molar-refractivity contribution in [3.63, 3.8) is 0 Å². The van der Waals surface area contributed by atoms with Crippen LogP contribution in [0.5, 0.6) is 0 Å². The number of amides is 2. The fourth-order valence-electron chi connectivity index (χ4n) is 3.88. The Morgan fingerprint density at radius 3 is 2.70 bits per heavy atom. The molecule has 0 spiro atoms. The summed E-state index contributed by atoms with van der Waals surface area (Å²) in [7, 11) is -2.33. The van der Waals surface area contributed by atoms with Crippen LogP contribution in [0.25, 0.3) is 10.9 Å². The SMILES string of the molecule is CN1CCN(Cn2cc3c(S(N)(=O)=O)cc(NC(=O)CC4=CCCC=C4Cl)cc3n2)CC1=O. The molecule has 2 heterocycles. The first-order valence-electron chi connectivity index (χ1n) is 10.5. The fourth-order valence-corrected chi connectivity index (χ4v) is 4.89. The Balaban J connectivity index is 1.58. The third-order valence-electron chi connectivity index (χ3n) is 5.64. The van der Waals surface area contributed by atoms with Crippen molar-refractivity contribution in [3.05, 3.63) is 41.1 Å². The van der Waals surface area contributed by atoms with Crippen molar-refractivity contribution in [1.82, 2.24) is 19.6 Å². The van der Waals surface area contributed by atoms with Crippen molar-refractivity contribution in [2.75, 3.05) is 32.0 Å². The number of rotatable bonds is 6. The van der Waals surface area contributed by atoms with Gasteiger partial charge in [-0.05, 0) is 30.5 Å². The zero-order chi connectivity index (χ0) is 23.8. The van der Waals surface area contributed by atoms with E-state index in [9.17, 15) is 18.0 Å². The summed E-state index contributed by atoms with van der Waals surface area (Å²) in [5, 5.41) is 13.5. The Hall–Kier alpha value is -2.73. The largest absolute Gasteiger partial charge is 0.343 e. The molecule has 1 aliphatic carbocycles. The van der Waals surface area contributed by atoms with Gasteiger partial charge in [0.25, 0.3) is 0 Å². The zero-order valence-corrected chi connectivity index (χ0v) is 19.7. The van der Waals surface area contributed by atoms with E-state index >= 15 is 0 Å². The molecule has 2 amide bonds. The standard InChI is InChI=1S/C21H25ClN6O4S/c1-26-6-7-27(12-21(26)30)13-28-11-16-18(25-28)9-15(10-19(16)33(23,31)32)24-20(29)8-14-4-2-3-5-17(14)22/h4-5,9-11H,2-3,6-8,12-13H2,1H3,(H,24,29)(H2,23,31,32). The van der Waals surface area contributed by atoms with Gasteiger partial charge >= 0.3 is 0 Å². The molecule has 33 heavy (non-hydrogen) atoms. The number of anilines is 1. The number of aromatic nitrogens is 2. The van der Waals surface area contributed by atoms with E-state index in [0.717, 1.165) is 18.4 Å². The molecule has 2 aromatic rings. The normalized spacial score (nSPS) is 17.8. The molecule has 2 aliphatic rings. The first-order chi connectivity index (χ1) is 15.6. The summed E-state index contributed by atoms with van der Waals surface area (Å²) in [6, 6.07) is 2.92. The van der Waals surface area contributed by atoms with Crippen molar-refractivity contribution >= 4 is 50.0 Å². The molecule has 1 aromatic heterocycles. The average Bonchev–Trinajstić information content (AvgIpc) is 3.13. The molecule has 1 aromatic carbocycles. The first kappa shape index (κ1) is 23.4. The van der Waals surface area contributed by atoms with Crippen LogP contribution in [0.4, 0.5) is 5.69 Å². The van der Waals surface area contributed by atoms with E-state index in [1.165, 1.54) is 6.07 Å². The second kappa shape index (κ2) is 9.26. The van der Waals surface area contributed by atoms with Gasteiger partial charge in [0.15, 0.2) is 0 Å². The summed E-state index contributed by atoms with van der Waals surface area (Å²) in [5.74, 6) is -0.319. The van der Waals surface area contributed by atoms with Crippen LogP contribution < -0.4 is 10.5 Å². The van der Waals surface area contributed by atoms with Crippen molar-refractivity contribution in [1.29, 1.82) is 0 Å². The van der Waals surface area contributed by atoms with Gasteiger partial charge in [0, 0.05) is 42.4 Å². The van der Waals surface area contributed by atoms with Crippen molar-refractivity contribution in [3.8, 4) is 0 Å². The van der Waals surface area contributed by atoms with Gasteiger partial charge in [-0.2, -0.15) is 5.10 Å². The minimum Gasteiger partial charge on any atom is -0.343 e. The lowest BCUT2D eigenvalue weighted by molar-refractivity contribution is -0.135. The monoisotopic (exact) mass is 492 g/mol. The quantitative estimate of drug-likeness (QED) is 0.629. The van der Waals surface area contributed by atoms with Crippen LogP contribution in [0.2, 0.25) is 0 Å². The number of hydrogen-bond donors (Lipinski definition) is 2. The molecule has 4 rings (SSSR count). The fraction of sp³-hybridized carbons (Fsp3) is 0.381. The lowest BCUT2D eigenvalue weighted by Crippen LogP contribution is -2.48. The Kier molecular flexibility index (Phi) is 6.57. The van der Waals surface area contributed by atoms with Crippen molar-refractivity contribution in [2.24, 2.45) is 5.14 Å². The molecular formula is C21H25ClN6O4S.